The zero-order valence-corrected chi connectivity index (χ0v) is 20.2. The van der Waals surface area contributed by atoms with Crippen molar-refractivity contribution >= 4 is 16.8 Å². The number of morpholine rings is 1. The van der Waals surface area contributed by atoms with Crippen LogP contribution in [0.15, 0.2) is 85.1 Å². The molecule has 0 saturated carbocycles. The van der Waals surface area contributed by atoms with Crippen molar-refractivity contribution in [3.63, 3.8) is 0 Å². The summed E-state index contributed by atoms with van der Waals surface area (Å²) in [5.74, 6) is 0.969. The van der Waals surface area contributed by atoms with Gasteiger partial charge in [0.2, 0.25) is 5.91 Å². The average molecular weight is 469 g/mol. The van der Waals surface area contributed by atoms with Crippen LogP contribution in [0.1, 0.15) is 36.0 Å². The maximum atomic E-state index is 13.4. The summed E-state index contributed by atoms with van der Waals surface area (Å²) in [4.78, 5) is 15.3. The number of ether oxygens (including phenoxy) is 2. The van der Waals surface area contributed by atoms with Crippen molar-refractivity contribution < 1.29 is 14.3 Å². The van der Waals surface area contributed by atoms with E-state index in [0.29, 0.717) is 39.3 Å². The molecule has 1 saturated heterocycles. The van der Waals surface area contributed by atoms with Gasteiger partial charge in [0.25, 0.3) is 0 Å². The van der Waals surface area contributed by atoms with Crippen LogP contribution in [-0.4, -0.2) is 48.3 Å². The molecule has 5 heteroatoms. The first-order valence-electron chi connectivity index (χ1n) is 12.4. The minimum Gasteiger partial charge on any atom is -0.494 e. The lowest BCUT2D eigenvalue weighted by atomic mass is 9.87. The second kappa shape index (κ2) is 10.8. The van der Waals surface area contributed by atoms with Crippen LogP contribution in [0.3, 0.4) is 0 Å². The van der Waals surface area contributed by atoms with Crippen molar-refractivity contribution in [2.75, 3.05) is 32.9 Å². The van der Waals surface area contributed by atoms with E-state index in [1.165, 1.54) is 22.0 Å². The normalized spacial score (nSPS) is 14.7. The summed E-state index contributed by atoms with van der Waals surface area (Å²) < 4.78 is 13.4. The molecule has 180 valence electrons. The number of benzene rings is 3. The standard InChI is InChI=1S/C30H32N2O3/c1-2-35-25-14-12-24(13-15-25)27(20-30(33)31-16-18-34-19-17-31)28-22-32(21-23-8-4-3-5-9-23)29-11-7-6-10-26(28)29/h3-15,22,27H,2,16-21H2,1H3/t27-/m1/s1. The molecule has 3 aromatic carbocycles. The summed E-state index contributed by atoms with van der Waals surface area (Å²) >= 11 is 0. The summed E-state index contributed by atoms with van der Waals surface area (Å²) in [5, 5.41) is 1.19. The minimum atomic E-state index is -0.0528. The monoisotopic (exact) mass is 468 g/mol. The van der Waals surface area contributed by atoms with Gasteiger partial charge in [0.05, 0.1) is 19.8 Å². The van der Waals surface area contributed by atoms with Gasteiger partial charge in [-0.05, 0) is 41.8 Å². The zero-order chi connectivity index (χ0) is 24.0. The molecule has 0 aliphatic carbocycles. The molecule has 0 spiro atoms. The van der Waals surface area contributed by atoms with E-state index in [4.69, 9.17) is 9.47 Å². The fourth-order valence-electron chi connectivity index (χ4n) is 4.95. The van der Waals surface area contributed by atoms with Crippen molar-refractivity contribution in [1.82, 2.24) is 9.47 Å². The fraction of sp³-hybridized carbons (Fsp3) is 0.300. The number of carbonyl (C=O) groups is 1. The molecule has 0 unspecified atom stereocenters. The highest BCUT2D eigenvalue weighted by molar-refractivity contribution is 5.87. The van der Waals surface area contributed by atoms with Gasteiger partial charge in [-0.1, -0.05) is 60.7 Å². The molecule has 1 atom stereocenters. The Bertz CT molecular complexity index is 1260. The molecule has 2 heterocycles. The van der Waals surface area contributed by atoms with Crippen molar-refractivity contribution in [1.29, 1.82) is 0 Å². The largest absolute Gasteiger partial charge is 0.494 e. The van der Waals surface area contributed by atoms with Gasteiger partial charge in [-0.25, -0.2) is 0 Å². The van der Waals surface area contributed by atoms with Gasteiger partial charge in [0.1, 0.15) is 5.75 Å². The number of hydrogen-bond donors (Lipinski definition) is 0. The lowest BCUT2D eigenvalue weighted by Gasteiger charge is -2.28. The van der Waals surface area contributed by atoms with Crippen LogP contribution in [0.4, 0.5) is 0 Å². The molecular formula is C30H32N2O3. The van der Waals surface area contributed by atoms with Crippen molar-refractivity contribution in [2.45, 2.75) is 25.8 Å². The maximum absolute atomic E-state index is 13.4. The molecule has 35 heavy (non-hydrogen) atoms. The van der Waals surface area contributed by atoms with Crippen molar-refractivity contribution in [3.05, 3.63) is 102 Å². The molecule has 4 aromatic rings. The summed E-state index contributed by atoms with van der Waals surface area (Å²) in [6.45, 7) is 5.93. The van der Waals surface area contributed by atoms with Gasteiger partial charge in [-0.3, -0.25) is 4.79 Å². The van der Waals surface area contributed by atoms with E-state index >= 15 is 0 Å². The number of hydrogen-bond acceptors (Lipinski definition) is 3. The molecule has 1 fully saturated rings. The van der Waals surface area contributed by atoms with Crippen LogP contribution < -0.4 is 4.74 Å². The first-order valence-corrected chi connectivity index (χ1v) is 12.4. The van der Waals surface area contributed by atoms with Crippen LogP contribution in [0.2, 0.25) is 0 Å². The highest BCUT2D eigenvalue weighted by atomic mass is 16.5. The number of rotatable bonds is 8. The second-order valence-corrected chi connectivity index (χ2v) is 8.97. The smallest absolute Gasteiger partial charge is 0.223 e. The number of amides is 1. The lowest BCUT2D eigenvalue weighted by Crippen LogP contribution is -2.41. The first-order chi connectivity index (χ1) is 17.2. The van der Waals surface area contributed by atoms with Crippen LogP contribution in [-0.2, 0) is 16.1 Å². The highest BCUT2D eigenvalue weighted by Gasteiger charge is 2.26. The number of carbonyl (C=O) groups excluding carboxylic acids is 1. The summed E-state index contributed by atoms with van der Waals surface area (Å²) in [6, 6.07) is 27.2. The Labute approximate surface area is 206 Å². The van der Waals surface area contributed by atoms with E-state index in [0.717, 1.165) is 17.9 Å². The van der Waals surface area contributed by atoms with Crippen LogP contribution >= 0.6 is 0 Å². The third kappa shape index (κ3) is 5.25. The van der Waals surface area contributed by atoms with E-state index in [1.807, 2.05) is 30.0 Å². The Morgan fingerprint density at radius 3 is 2.40 bits per heavy atom. The van der Waals surface area contributed by atoms with Gasteiger partial charge in [-0.15, -0.1) is 0 Å². The Hall–Kier alpha value is -3.57. The molecule has 5 rings (SSSR count). The van der Waals surface area contributed by atoms with Gasteiger partial charge in [0.15, 0.2) is 0 Å². The van der Waals surface area contributed by atoms with Crippen molar-refractivity contribution in [3.8, 4) is 5.75 Å². The SMILES string of the molecule is CCOc1ccc([C@@H](CC(=O)N2CCOCC2)c2cn(Cc3ccccc3)c3ccccc23)cc1. The summed E-state index contributed by atoms with van der Waals surface area (Å²) in [5.41, 5.74) is 4.74. The summed E-state index contributed by atoms with van der Waals surface area (Å²) in [7, 11) is 0. The quantitative estimate of drug-likeness (QED) is 0.344. The molecule has 0 bridgehead atoms. The second-order valence-electron chi connectivity index (χ2n) is 8.97. The lowest BCUT2D eigenvalue weighted by molar-refractivity contribution is -0.135. The van der Waals surface area contributed by atoms with Crippen LogP contribution in [0, 0.1) is 0 Å². The number of nitrogens with zero attached hydrogens (tertiary/aromatic N) is 2. The molecule has 0 radical (unpaired) electrons. The van der Waals surface area contributed by atoms with Gasteiger partial charge < -0.3 is 18.9 Å². The van der Waals surface area contributed by atoms with Gasteiger partial charge >= 0.3 is 0 Å². The maximum Gasteiger partial charge on any atom is 0.223 e. The van der Waals surface area contributed by atoms with E-state index in [2.05, 4.69) is 71.4 Å². The van der Waals surface area contributed by atoms with Gasteiger partial charge in [-0.2, -0.15) is 0 Å². The molecule has 1 aliphatic rings. The minimum absolute atomic E-state index is 0.0528. The Kier molecular flexibility index (Phi) is 7.15. The topological polar surface area (TPSA) is 43.7 Å². The predicted molar refractivity (Wildman–Crippen MR) is 139 cm³/mol. The molecular weight excluding hydrogens is 436 g/mol. The van der Waals surface area contributed by atoms with E-state index in [-0.39, 0.29) is 11.8 Å². The number of aromatic nitrogens is 1. The molecule has 5 nitrogen and oxygen atoms in total. The van der Waals surface area contributed by atoms with Crippen LogP contribution in [0.25, 0.3) is 10.9 Å². The zero-order valence-electron chi connectivity index (χ0n) is 20.2. The average Bonchev–Trinajstić information content (AvgIpc) is 3.27. The molecule has 1 aromatic heterocycles. The van der Waals surface area contributed by atoms with E-state index in [9.17, 15) is 4.79 Å². The van der Waals surface area contributed by atoms with E-state index < -0.39 is 0 Å². The third-order valence-corrected chi connectivity index (χ3v) is 6.73. The van der Waals surface area contributed by atoms with Crippen molar-refractivity contribution in [2.24, 2.45) is 0 Å². The Balaban J connectivity index is 1.54. The first kappa shape index (κ1) is 23.2. The fourth-order valence-corrected chi connectivity index (χ4v) is 4.95. The van der Waals surface area contributed by atoms with Crippen LogP contribution in [0.5, 0.6) is 5.75 Å². The molecule has 1 amide bonds. The Morgan fingerprint density at radius 2 is 1.66 bits per heavy atom. The molecule has 0 N–H and O–H groups in total. The number of para-hydroxylation sites is 1. The third-order valence-electron chi connectivity index (χ3n) is 6.73. The van der Waals surface area contributed by atoms with Gasteiger partial charge in [0, 0.05) is 49.1 Å². The van der Waals surface area contributed by atoms with E-state index in [1.54, 1.807) is 0 Å². The Morgan fingerprint density at radius 1 is 0.943 bits per heavy atom. The predicted octanol–water partition coefficient (Wildman–Crippen LogP) is 5.47. The summed E-state index contributed by atoms with van der Waals surface area (Å²) in [6.07, 6.45) is 2.67. The highest BCUT2D eigenvalue weighted by Crippen LogP contribution is 2.36. The number of fused-ring (bicyclic) bond motifs is 1. The molecule has 1 aliphatic heterocycles.